The number of anilines is 2. The van der Waals surface area contributed by atoms with Gasteiger partial charge in [-0.2, -0.15) is 0 Å². The minimum atomic E-state index is -0.0402. The molecule has 1 saturated carbocycles. The van der Waals surface area contributed by atoms with Gasteiger partial charge in [-0.05, 0) is 49.3 Å². The summed E-state index contributed by atoms with van der Waals surface area (Å²) < 4.78 is 16.7. The maximum Gasteiger partial charge on any atom is 0.155 e. The lowest BCUT2D eigenvalue weighted by Crippen LogP contribution is -2.39. The number of aromatic nitrogens is 2. The lowest BCUT2D eigenvalue weighted by Gasteiger charge is -2.32. The van der Waals surface area contributed by atoms with E-state index in [-0.39, 0.29) is 17.7 Å². The highest BCUT2D eigenvalue weighted by molar-refractivity contribution is 6.41. The maximum absolute atomic E-state index is 12.1. The fraction of sp³-hybridized carbons (Fsp3) is 0.452. The van der Waals surface area contributed by atoms with Crippen LogP contribution in [0.5, 0.6) is 11.5 Å². The van der Waals surface area contributed by atoms with Gasteiger partial charge in [0, 0.05) is 48.2 Å². The monoisotopic (exact) mass is 598 g/mol. The van der Waals surface area contributed by atoms with E-state index in [1.165, 1.54) is 31.8 Å². The lowest BCUT2D eigenvalue weighted by atomic mass is 9.89. The molecule has 0 spiro atoms. The summed E-state index contributed by atoms with van der Waals surface area (Å²) in [6.07, 6.45) is 9.36. The van der Waals surface area contributed by atoms with E-state index in [2.05, 4.69) is 17.2 Å². The molecular formula is C31H36Cl2N4O4. The Balaban J connectivity index is 1.54. The number of ketones is 1. The zero-order valence-electron chi connectivity index (χ0n) is 23.5. The molecule has 0 amide bonds. The Morgan fingerprint density at radius 1 is 1.12 bits per heavy atom. The van der Waals surface area contributed by atoms with E-state index < -0.39 is 0 Å². The fourth-order valence-corrected chi connectivity index (χ4v) is 6.47. The molecule has 2 atom stereocenters. The molecule has 1 aromatic carbocycles. The van der Waals surface area contributed by atoms with Gasteiger partial charge in [0.2, 0.25) is 0 Å². The predicted octanol–water partition coefficient (Wildman–Crippen LogP) is 7.19. The van der Waals surface area contributed by atoms with Crippen molar-refractivity contribution in [3.63, 3.8) is 0 Å². The van der Waals surface area contributed by atoms with Crippen molar-refractivity contribution < 1.29 is 19.0 Å². The van der Waals surface area contributed by atoms with E-state index in [1.54, 1.807) is 20.3 Å². The number of ether oxygens (including phenoxy) is 3. The van der Waals surface area contributed by atoms with Gasteiger partial charge in [0.25, 0.3) is 0 Å². The van der Waals surface area contributed by atoms with Crippen LogP contribution >= 0.6 is 23.2 Å². The number of carbonyl (C=O) groups is 1. The quantitative estimate of drug-likeness (QED) is 0.224. The number of pyridine rings is 2. The average Bonchev–Trinajstić information content (AvgIpc) is 3.51. The van der Waals surface area contributed by atoms with Crippen LogP contribution in [0.3, 0.4) is 0 Å². The van der Waals surface area contributed by atoms with Gasteiger partial charge in [0.15, 0.2) is 5.78 Å². The smallest absolute Gasteiger partial charge is 0.155 e. The second kappa shape index (κ2) is 13.3. The molecule has 1 aliphatic carbocycles. The summed E-state index contributed by atoms with van der Waals surface area (Å²) in [7, 11) is 3.10. The molecule has 10 heteroatoms. The molecule has 1 saturated heterocycles. The molecule has 3 heterocycles. The second-order valence-corrected chi connectivity index (χ2v) is 11.5. The van der Waals surface area contributed by atoms with Crippen LogP contribution < -0.4 is 20.1 Å². The van der Waals surface area contributed by atoms with Crippen LogP contribution in [0, 0.1) is 11.8 Å². The summed E-state index contributed by atoms with van der Waals surface area (Å²) in [5.74, 6) is 3.09. The number of halogens is 2. The third-order valence-corrected chi connectivity index (χ3v) is 8.85. The summed E-state index contributed by atoms with van der Waals surface area (Å²) >= 11 is 13.5. The van der Waals surface area contributed by atoms with Crippen molar-refractivity contribution >= 4 is 51.4 Å². The van der Waals surface area contributed by atoms with Gasteiger partial charge in [0.1, 0.15) is 23.1 Å². The number of methoxy groups -OCH3 is 2. The number of nitrogens with one attached hydrogen (secondary N) is 2. The molecule has 0 radical (unpaired) electrons. The highest BCUT2D eigenvalue weighted by atomic mass is 35.5. The maximum atomic E-state index is 12.1. The first-order valence-electron chi connectivity index (χ1n) is 14.1. The van der Waals surface area contributed by atoms with Crippen molar-refractivity contribution in [3.05, 3.63) is 47.1 Å². The van der Waals surface area contributed by atoms with Crippen LogP contribution in [-0.2, 0) is 9.53 Å². The van der Waals surface area contributed by atoms with Gasteiger partial charge < -0.3 is 24.8 Å². The Morgan fingerprint density at radius 3 is 2.54 bits per heavy atom. The average molecular weight is 600 g/mol. The molecule has 2 aromatic heterocycles. The van der Waals surface area contributed by atoms with Crippen molar-refractivity contribution in [2.45, 2.75) is 44.6 Å². The van der Waals surface area contributed by atoms with Gasteiger partial charge in [-0.1, -0.05) is 42.6 Å². The minimum Gasteiger partial charge on any atom is -0.495 e. The van der Waals surface area contributed by atoms with Crippen molar-refractivity contribution in [1.29, 1.82) is 0 Å². The molecule has 0 unspecified atom stereocenters. The molecule has 2 N–H and O–H groups in total. The number of carbonyl (C=O) groups excluding carboxylic acids is 1. The Hall–Kier alpha value is -3.07. The summed E-state index contributed by atoms with van der Waals surface area (Å²) in [6.45, 7) is 5.59. The van der Waals surface area contributed by atoms with Crippen molar-refractivity contribution in [1.82, 2.24) is 9.97 Å². The van der Waals surface area contributed by atoms with Gasteiger partial charge in [-0.25, -0.2) is 9.97 Å². The molecular weight excluding hydrogens is 563 g/mol. The number of fused-ring (bicyclic) bond motifs is 1. The molecule has 0 bridgehead atoms. The Bertz CT molecular complexity index is 1400. The number of benzene rings is 1. The standard InChI is InChI=1S/C31H36Cl2N4O4/c1-4-21(38)11-19-9-10-41-17-24(19)36-27-13-22-20(16-34-27)12-23(37-31(22)35-15-18-7-5-6-8-18)28-29(32)25(39-2)14-26(40-3)30(28)33/h4,12-14,16,18-19,24H,1,5-11,15,17H2,2-3H3,(H,34,36)(H,35,37)/t19-,24-/m1/s1. The van der Waals surface area contributed by atoms with Crippen LogP contribution in [0.15, 0.2) is 37.1 Å². The van der Waals surface area contributed by atoms with Gasteiger partial charge in [0.05, 0.1) is 42.6 Å². The first kappa shape index (κ1) is 29.4. The van der Waals surface area contributed by atoms with E-state index in [9.17, 15) is 4.79 Å². The Morgan fingerprint density at radius 2 is 1.85 bits per heavy atom. The number of allylic oxidation sites excluding steroid dienone is 1. The third-order valence-electron chi connectivity index (χ3n) is 8.10. The van der Waals surface area contributed by atoms with Gasteiger partial charge in [-0.15, -0.1) is 0 Å². The Labute approximate surface area is 250 Å². The van der Waals surface area contributed by atoms with Crippen LogP contribution in [0.25, 0.3) is 22.0 Å². The zero-order chi connectivity index (χ0) is 28.9. The fourth-order valence-electron chi connectivity index (χ4n) is 5.77. The third kappa shape index (κ3) is 6.55. The Kier molecular flexibility index (Phi) is 9.53. The largest absolute Gasteiger partial charge is 0.495 e. The van der Waals surface area contributed by atoms with E-state index in [0.29, 0.717) is 64.2 Å². The van der Waals surface area contributed by atoms with Crippen molar-refractivity contribution in [3.8, 4) is 22.8 Å². The number of hydrogen-bond acceptors (Lipinski definition) is 8. The normalized spacial score (nSPS) is 19.2. The molecule has 8 nitrogen and oxygen atoms in total. The van der Waals surface area contributed by atoms with Crippen LogP contribution in [0.2, 0.25) is 10.0 Å². The van der Waals surface area contributed by atoms with E-state index >= 15 is 0 Å². The molecule has 1 aliphatic heterocycles. The van der Waals surface area contributed by atoms with Crippen LogP contribution in [0.1, 0.15) is 38.5 Å². The van der Waals surface area contributed by atoms with E-state index in [4.69, 9.17) is 47.4 Å². The van der Waals surface area contributed by atoms with Crippen LogP contribution in [-0.4, -0.2) is 55.8 Å². The second-order valence-electron chi connectivity index (χ2n) is 10.7. The topological polar surface area (TPSA) is 94.6 Å². The summed E-state index contributed by atoms with van der Waals surface area (Å²) in [5.41, 5.74) is 1.12. The number of hydrogen-bond donors (Lipinski definition) is 2. The highest BCUT2D eigenvalue weighted by Gasteiger charge is 2.28. The molecule has 2 aliphatic rings. The molecule has 41 heavy (non-hydrogen) atoms. The lowest BCUT2D eigenvalue weighted by molar-refractivity contribution is -0.116. The van der Waals surface area contributed by atoms with Crippen molar-refractivity contribution in [2.75, 3.05) is 44.6 Å². The first-order chi connectivity index (χ1) is 19.9. The summed E-state index contributed by atoms with van der Waals surface area (Å²) in [4.78, 5) is 21.9. The molecule has 3 aromatic rings. The van der Waals surface area contributed by atoms with Gasteiger partial charge >= 0.3 is 0 Å². The van der Waals surface area contributed by atoms with E-state index in [0.717, 1.165) is 29.6 Å². The predicted molar refractivity (Wildman–Crippen MR) is 165 cm³/mol. The van der Waals surface area contributed by atoms with Crippen molar-refractivity contribution in [2.24, 2.45) is 11.8 Å². The minimum absolute atomic E-state index is 0.0387. The SMILES string of the molecule is C=CC(=O)C[C@H]1CCOC[C@H]1Nc1cc2c(NCC3CCCC3)nc(-c3c(Cl)c(OC)cc(OC)c3Cl)cc2cn1. The first-order valence-corrected chi connectivity index (χ1v) is 14.8. The summed E-state index contributed by atoms with van der Waals surface area (Å²) in [5, 5.41) is 9.64. The summed E-state index contributed by atoms with van der Waals surface area (Å²) in [6, 6.07) is 5.55. The number of rotatable bonds is 11. The molecule has 5 rings (SSSR count). The van der Waals surface area contributed by atoms with Gasteiger partial charge in [-0.3, -0.25) is 4.79 Å². The van der Waals surface area contributed by atoms with Crippen LogP contribution in [0.4, 0.5) is 11.6 Å². The molecule has 2 fully saturated rings. The zero-order valence-corrected chi connectivity index (χ0v) is 25.0. The number of nitrogens with zero attached hydrogens (tertiary/aromatic N) is 2. The molecule has 218 valence electrons. The van der Waals surface area contributed by atoms with E-state index in [1.807, 2.05) is 18.3 Å². The highest BCUT2D eigenvalue weighted by Crippen LogP contribution is 2.46.